The summed E-state index contributed by atoms with van der Waals surface area (Å²) in [4.78, 5) is 0. The molecule has 3 heteroatoms. The van der Waals surface area contributed by atoms with E-state index in [2.05, 4.69) is 36.5 Å². The van der Waals surface area contributed by atoms with E-state index in [4.69, 9.17) is 9.47 Å². The predicted octanol–water partition coefficient (Wildman–Crippen LogP) is 3.18. The molecule has 1 unspecified atom stereocenters. The van der Waals surface area contributed by atoms with Crippen LogP contribution in [-0.4, -0.2) is 32.4 Å². The number of benzene rings is 1. The molecule has 1 N–H and O–H groups in total. The molecular weight excluding hydrogens is 250 g/mol. The Labute approximate surface area is 122 Å². The largest absolute Gasteiger partial charge is 0.491 e. The lowest BCUT2D eigenvalue weighted by atomic mass is 10.1. The molecular formula is C17H27NO2. The van der Waals surface area contributed by atoms with Gasteiger partial charge in [-0.3, -0.25) is 0 Å². The van der Waals surface area contributed by atoms with E-state index in [1.807, 2.05) is 0 Å². The molecule has 1 atom stereocenters. The zero-order valence-electron chi connectivity index (χ0n) is 12.7. The molecule has 0 saturated heterocycles. The van der Waals surface area contributed by atoms with Gasteiger partial charge < -0.3 is 14.8 Å². The Bertz CT molecular complexity index is 373. The highest BCUT2D eigenvalue weighted by atomic mass is 16.5. The molecule has 3 nitrogen and oxygen atoms in total. The van der Waals surface area contributed by atoms with E-state index in [1.165, 1.54) is 24.8 Å². The average Bonchev–Trinajstić information content (AvgIpc) is 3.27. The van der Waals surface area contributed by atoms with Crippen molar-refractivity contribution in [2.75, 3.05) is 20.3 Å². The Hall–Kier alpha value is -1.06. The molecule has 1 aliphatic rings. The molecule has 1 saturated carbocycles. The topological polar surface area (TPSA) is 30.5 Å². The van der Waals surface area contributed by atoms with Crippen LogP contribution in [0.5, 0.6) is 5.75 Å². The zero-order chi connectivity index (χ0) is 14.2. The third kappa shape index (κ3) is 5.93. The van der Waals surface area contributed by atoms with Crippen LogP contribution in [0.25, 0.3) is 0 Å². The highest BCUT2D eigenvalue weighted by Gasteiger charge is 2.19. The maximum atomic E-state index is 5.94. The Balaban J connectivity index is 1.63. The highest BCUT2D eigenvalue weighted by molar-refractivity contribution is 5.27. The van der Waals surface area contributed by atoms with E-state index in [0.29, 0.717) is 0 Å². The maximum absolute atomic E-state index is 5.94. The first-order chi connectivity index (χ1) is 9.78. The molecule has 2 rings (SSSR count). The van der Waals surface area contributed by atoms with Crippen molar-refractivity contribution < 1.29 is 9.47 Å². The van der Waals surface area contributed by atoms with E-state index in [1.54, 1.807) is 7.11 Å². The van der Waals surface area contributed by atoms with Crippen LogP contribution in [0.15, 0.2) is 24.3 Å². The summed E-state index contributed by atoms with van der Waals surface area (Å²) in [5.74, 6) is 0.966. The lowest BCUT2D eigenvalue weighted by Crippen LogP contribution is -2.20. The molecule has 1 aliphatic carbocycles. The number of hydrogen-bond acceptors (Lipinski definition) is 3. The summed E-state index contributed by atoms with van der Waals surface area (Å²) in [6.45, 7) is 4.04. The molecule has 1 aromatic rings. The van der Waals surface area contributed by atoms with Crippen LogP contribution >= 0.6 is 0 Å². The molecule has 0 bridgehead atoms. The van der Waals surface area contributed by atoms with Crippen LogP contribution in [0.2, 0.25) is 0 Å². The summed E-state index contributed by atoms with van der Waals surface area (Å²) in [5.41, 5.74) is 1.29. The van der Waals surface area contributed by atoms with Crippen molar-refractivity contribution in [1.82, 2.24) is 5.32 Å². The number of rotatable bonds is 10. The van der Waals surface area contributed by atoms with Crippen molar-refractivity contribution in [2.24, 2.45) is 0 Å². The molecule has 0 aliphatic heterocycles. The van der Waals surface area contributed by atoms with E-state index >= 15 is 0 Å². The monoisotopic (exact) mass is 277 g/mol. The Morgan fingerprint density at radius 2 is 2.00 bits per heavy atom. The van der Waals surface area contributed by atoms with E-state index in [-0.39, 0.29) is 6.10 Å². The Morgan fingerprint density at radius 1 is 1.25 bits per heavy atom. The predicted molar refractivity (Wildman–Crippen MR) is 82.4 cm³/mol. The molecule has 0 heterocycles. The quantitative estimate of drug-likeness (QED) is 0.666. The first-order valence-corrected chi connectivity index (χ1v) is 7.76. The molecule has 112 valence electrons. The van der Waals surface area contributed by atoms with Gasteiger partial charge in [0.1, 0.15) is 5.75 Å². The summed E-state index contributed by atoms with van der Waals surface area (Å²) in [6, 6.07) is 9.17. The van der Waals surface area contributed by atoms with Gasteiger partial charge in [0.15, 0.2) is 0 Å². The third-order valence-corrected chi connectivity index (χ3v) is 3.65. The highest BCUT2D eigenvalue weighted by Crippen LogP contribution is 2.19. The van der Waals surface area contributed by atoms with Gasteiger partial charge in [0.25, 0.3) is 0 Å². The number of hydrogen-bond donors (Lipinski definition) is 1. The van der Waals surface area contributed by atoms with Crippen LogP contribution < -0.4 is 10.1 Å². The van der Waals surface area contributed by atoms with E-state index in [0.717, 1.165) is 37.8 Å². The minimum Gasteiger partial charge on any atom is -0.491 e. The average molecular weight is 277 g/mol. The number of methoxy groups -OCH3 is 1. The second-order valence-electron chi connectivity index (χ2n) is 5.69. The summed E-state index contributed by atoms with van der Waals surface area (Å²) in [5, 5.41) is 3.54. The van der Waals surface area contributed by atoms with Gasteiger partial charge >= 0.3 is 0 Å². The fraction of sp³-hybridized carbons (Fsp3) is 0.647. The maximum Gasteiger partial charge on any atom is 0.119 e. The zero-order valence-corrected chi connectivity index (χ0v) is 12.7. The van der Waals surface area contributed by atoms with Crippen LogP contribution in [0, 0.1) is 0 Å². The minimum absolute atomic E-state index is 0.279. The van der Waals surface area contributed by atoms with Gasteiger partial charge in [0.05, 0.1) is 12.7 Å². The van der Waals surface area contributed by atoms with Crippen LogP contribution in [0.3, 0.4) is 0 Å². The SMILES string of the molecule is COCCc1ccc(OC(C)CCCNC2CC2)cc1. The van der Waals surface area contributed by atoms with E-state index in [9.17, 15) is 0 Å². The molecule has 20 heavy (non-hydrogen) atoms. The Morgan fingerprint density at radius 3 is 2.65 bits per heavy atom. The Kier molecular flexibility index (Phi) is 6.34. The summed E-state index contributed by atoms with van der Waals surface area (Å²) in [6.07, 6.45) is 6.25. The van der Waals surface area contributed by atoms with Gasteiger partial charge in [-0.15, -0.1) is 0 Å². The first kappa shape index (κ1) is 15.3. The van der Waals surface area contributed by atoms with Crippen LogP contribution in [0.4, 0.5) is 0 Å². The van der Waals surface area contributed by atoms with Gasteiger partial charge in [0, 0.05) is 13.2 Å². The van der Waals surface area contributed by atoms with Crippen molar-refractivity contribution in [3.63, 3.8) is 0 Å². The second-order valence-corrected chi connectivity index (χ2v) is 5.69. The molecule has 0 spiro atoms. The van der Waals surface area contributed by atoms with Gasteiger partial charge in [-0.1, -0.05) is 12.1 Å². The lowest BCUT2D eigenvalue weighted by molar-refractivity contribution is 0.201. The van der Waals surface area contributed by atoms with Crippen molar-refractivity contribution in [3.8, 4) is 5.75 Å². The summed E-state index contributed by atoms with van der Waals surface area (Å²) in [7, 11) is 1.73. The second kappa shape index (κ2) is 8.28. The number of ether oxygens (including phenoxy) is 2. The lowest BCUT2D eigenvalue weighted by Gasteiger charge is -2.15. The van der Waals surface area contributed by atoms with Crippen molar-refractivity contribution in [2.45, 2.75) is 51.2 Å². The van der Waals surface area contributed by atoms with Crippen LogP contribution in [0.1, 0.15) is 38.2 Å². The molecule has 0 radical (unpaired) electrons. The molecule has 1 aromatic carbocycles. The van der Waals surface area contributed by atoms with Gasteiger partial charge in [-0.25, -0.2) is 0 Å². The normalized spacial score (nSPS) is 16.1. The fourth-order valence-electron chi connectivity index (χ4n) is 2.23. The standard InChI is InChI=1S/C17H27NO2/c1-14(4-3-12-18-16-7-8-16)20-17-9-5-15(6-10-17)11-13-19-2/h5-6,9-10,14,16,18H,3-4,7-8,11-13H2,1-2H3. The third-order valence-electron chi connectivity index (χ3n) is 3.65. The first-order valence-electron chi connectivity index (χ1n) is 7.76. The van der Waals surface area contributed by atoms with Gasteiger partial charge in [0.2, 0.25) is 0 Å². The van der Waals surface area contributed by atoms with Gasteiger partial charge in [-0.05, 0) is 63.3 Å². The smallest absolute Gasteiger partial charge is 0.119 e. The summed E-state index contributed by atoms with van der Waals surface area (Å²) < 4.78 is 11.0. The fourth-order valence-corrected chi connectivity index (χ4v) is 2.23. The van der Waals surface area contributed by atoms with Crippen molar-refractivity contribution in [1.29, 1.82) is 0 Å². The van der Waals surface area contributed by atoms with Crippen LogP contribution in [-0.2, 0) is 11.2 Å². The minimum atomic E-state index is 0.279. The number of nitrogens with one attached hydrogen (secondary N) is 1. The van der Waals surface area contributed by atoms with Gasteiger partial charge in [-0.2, -0.15) is 0 Å². The van der Waals surface area contributed by atoms with E-state index < -0.39 is 0 Å². The summed E-state index contributed by atoms with van der Waals surface area (Å²) >= 11 is 0. The van der Waals surface area contributed by atoms with Crippen molar-refractivity contribution >= 4 is 0 Å². The molecule has 0 aromatic heterocycles. The molecule has 1 fully saturated rings. The molecule has 0 amide bonds. The van der Waals surface area contributed by atoms with Crippen molar-refractivity contribution in [3.05, 3.63) is 29.8 Å².